The third-order valence-corrected chi connectivity index (χ3v) is 3.57. The van der Waals surface area contributed by atoms with E-state index >= 15 is 0 Å². The van der Waals surface area contributed by atoms with Gasteiger partial charge >= 0.3 is 0 Å². The molecule has 0 amide bonds. The number of aldehydes is 1. The highest BCUT2D eigenvalue weighted by Gasteiger charge is 2.19. The quantitative estimate of drug-likeness (QED) is 0.848. The fraction of sp³-hybridized carbons (Fsp3) is 0.125. The fourth-order valence-corrected chi connectivity index (χ4v) is 2.37. The first-order chi connectivity index (χ1) is 10.7. The van der Waals surface area contributed by atoms with Gasteiger partial charge in [0.05, 0.1) is 10.7 Å². The van der Waals surface area contributed by atoms with Crippen LogP contribution in [0.2, 0.25) is 5.02 Å². The number of aliphatic hydroxyl groups is 1. The summed E-state index contributed by atoms with van der Waals surface area (Å²) in [6.07, 6.45) is 2.86. The van der Waals surface area contributed by atoms with E-state index in [9.17, 15) is 9.90 Å². The average Bonchev–Trinajstić information content (AvgIpc) is 2.54. The molecule has 0 saturated heterocycles. The molecule has 6 heteroatoms. The van der Waals surface area contributed by atoms with Gasteiger partial charge in [-0.1, -0.05) is 17.7 Å². The predicted octanol–water partition coefficient (Wildman–Crippen LogP) is 2.64. The van der Waals surface area contributed by atoms with Crippen LogP contribution >= 0.6 is 11.6 Å². The summed E-state index contributed by atoms with van der Waals surface area (Å²) in [6, 6.07) is 8.95. The standard InChI is InChI=1S/C16H13ClN2O3/c17-13-6-10-5-11(8-20)16(21)19-14(10)7-15(13)22-9-12-3-1-2-4-18-12/h1-8,16,19,21H,9H2. The molecule has 1 aromatic carbocycles. The first-order valence-corrected chi connectivity index (χ1v) is 7.03. The molecule has 0 radical (unpaired) electrons. The lowest BCUT2D eigenvalue weighted by Gasteiger charge is -2.22. The van der Waals surface area contributed by atoms with Gasteiger partial charge in [-0.2, -0.15) is 0 Å². The summed E-state index contributed by atoms with van der Waals surface area (Å²) in [5.74, 6) is 0.480. The summed E-state index contributed by atoms with van der Waals surface area (Å²) in [7, 11) is 0. The normalized spacial score (nSPS) is 16.3. The Kier molecular flexibility index (Phi) is 4.09. The second kappa shape index (κ2) is 6.17. The molecule has 22 heavy (non-hydrogen) atoms. The van der Waals surface area contributed by atoms with Crippen molar-refractivity contribution in [1.29, 1.82) is 0 Å². The summed E-state index contributed by atoms with van der Waals surface area (Å²) in [6.45, 7) is 0.289. The van der Waals surface area contributed by atoms with Gasteiger partial charge in [-0.15, -0.1) is 0 Å². The number of nitrogens with one attached hydrogen (secondary N) is 1. The van der Waals surface area contributed by atoms with E-state index in [0.29, 0.717) is 22.7 Å². The van der Waals surface area contributed by atoms with E-state index < -0.39 is 6.23 Å². The van der Waals surface area contributed by atoms with Crippen molar-refractivity contribution in [2.75, 3.05) is 5.32 Å². The minimum atomic E-state index is -1.03. The number of nitrogens with zero attached hydrogens (tertiary/aromatic N) is 1. The van der Waals surface area contributed by atoms with Crippen LogP contribution in [0.15, 0.2) is 42.1 Å². The van der Waals surface area contributed by atoms with E-state index in [2.05, 4.69) is 10.3 Å². The van der Waals surface area contributed by atoms with E-state index in [0.717, 1.165) is 11.3 Å². The molecule has 0 saturated carbocycles. The molecule has 2 aromatic rings. The van der Waals surface area contributed by atoms with Gasteiger partial charge in [0.25, 0.3) is 0 Å². The van der Waals surface area contributed by atoms with Gasteiger partial charge in [0.15, 0.2) is 12.5 Å². The third-order valence-electron chi connectivity index (χ3n) is 3.27. The SMILES string of the molecule is O=CC1=Cc2cc(Cl)c(OCc3ccccn3)cc2NC1O. The van der Waals surface area contributed by atoms with Gasteiger partial charge in [-0.25, -0.2) is 0 Å². The Bertz CT molecular complexity index is 732. The van der Waals surface area contributed by atoms with Crippen molar-refractivity contribution >= 4 is 29.7 Å². The van der Waals surface area contributed by atoms with Crippen LogP contribution in [0.1, 0.15) is 11.3 Å². The van der Waals surface area contributed by atoms with Crippen LogP contribution in [0.4, 0.5) is 5.69 Å². The number of hydrogen-bond donors (Lipinski definition) is 2. The largest absolute Gasteiger partial charge is 0.486 e. The highest BCUT2D eigenvalue weighted by atomic mass is 35.5. The molecule has 0 aliphatic carbocycles. The van der Waals surface area contributed by atoms with Crippen LogP contribution in [-0.4, -0.2) is 22.6 Å². The van der Waals surface area contributed by atoms with Gasteiger partial charge in [-0.05, 0) is 29.8 Å². The number of ether oxygens (including phenoxy) is 1. The molecule has 1 aliphatic rings. The molecule has 5 nitrogen and oxygen atoms in total. The van der Waals surface area contributed by atoms with E-state index in [1.165, 1.54) is 0 Å². The van der Waals surface area contributed by atoms with Crippen molar-refractivity contribution in [3.8, 4) is 5.75 Å². The van der Waals surface area contributed by atoms with Crippen molar-refractivity contribution in [3.63, 3.8) is 0 Å². The Morgan fingerprint density at radius 1 is 1.41 bits per heavy atom. The van der Waals surface area contributed by atoms with Crippen LogP contribution < -0.4 is 10.1 Å². The second-order valence-electron chi connectivity index (χ2n) is 4.79. The maximum Gasteiger partial charge on any atom is 0.154 e. The molecular weight excluding hydrogens is 304 g/mol. The van der Waals surface area contributed by atoms with E-state index in [1.807, 2.05) is 18.2 Å². The molecule has 1 aliphatic heterocycles. The minimum absolute atomic E-state index is 0.255. The molecule has 1 atom stereocenters. The lowest BCUT2D eigenvalue weighted by molar-refractivity contribution is -0.105. The number of aromatic nitrogens is 1. The molecule has 1 aromatic heterocycles. The van der Waals surface area contributed by atoms with Crippen LogP contribution in [0.3, 0.4) is 0 Å². The Morgan fingerprint density at radius 3 is 3.00 bits per heavy atom. The zero-order chi connectivity index (χ0) is 15.5. The van der Waals surface area contributed by atoms with Gasteiger partial charge in [0, 0.05) is 23.5 Å². The van der Waals surface area contributed by atoms with Crippen LogP contribution in [0, 0.1) is 0 Å². The third kappa shape index (κ3) is 2.95. The van der Waals surface area contributed by atoms with Crippen molar-refractivity contribution in [2.24, 2.45) is 0 Å². The average molecular weight is 317 g/mol. The molecule has 112 valence electrons. The minimum Gasteiger partial charge on any atom is -0.486 e. The molecule has 1 unspecified atom stereocenters. The van der Waals surface area contributed by atoms with Crippen LogP contribution in [0.5, 0.6) is 5.75 Å². The zero-order valence-corrected chi connectivity index (χ0v) is 12.2. The Balaban J connectivity index is 1.84. The smallest absolute Gasteiger partial charge is 0.154 e. The number of aliphatic hydroxyl groups excluding tert-OH is 1. The monoisotopic (exact) mass is 316 g/mol. The fourth-order valence-electron chi connectivity index (χ4n) is 2.15. The Hall–Kier alpha value is -2.37. The lowest BCUT2D eigenvalue weighted by atomic mass is 10.0. The zero-order valence-electron chi connectivity index (χ0n) is 11.5. The Labute approximate surface area is 132 Å². The first kappa shape index (κ1) is 14.6. The summed E-state index contributed by atoms with van der Waals surface area (Å²) in [5, 5.41) is 13.0. The second-order valence-corrected chi connectivity index (χ2v) is 5.20. The van der Waals surface area contributed by atoms with Gasteiger partial charge in [0.1, 0.15) is 12.4 Å². The molecule has 0 spiro atoms. The van der Waals surface area contributed by atoms with Crippen molar-refractivity contribution in [1.82, 2.24) is 4.98 Å². The predicted molar refractivity (Wildman–Crippen MR) is 83.7 cm³/mol. The summed E-state index contributed by atoms with van der Waals surface area (Å²) in [4.78, 5) is 15.0. The van der Waals surface area contributed by atoms with Gasteiger partial charge < -0.3 is 15.2 Å². The molecule has 0 fully saturated rings. The van der Waals surface area contributed by atoms with Crippen molar-refractivity contribution in [2.45, 2.75) is 12.8 Å². The molecular formula is C16H13ClN2O3. The molecule has 3 rings (SSSR count). The number of fused-ring (bicyclic) bond motifs is 1. The highest BCUT2D eigenvalue weighted by molar-refractivity contribution is 6.32. The molecule has 2 N–H and O–H groups in total. The number of halogens is 1. The van der Waals surface area contributed by atoms with Gasteiger partial charge in [-0.3, -0.25) is 9.78 Å². The van der Waals surface area contributed by atoms with E-state index in [1.54, 1.807) is 24.4 Å². The summed E-state index contributed by atoms with van der Waals surface area (Å²) in [5.41, 5.74) is 2.42. The molecule has 0 bridgehead atoms. The number of hydrogen-bond acceptors (Lipinski definition) is 5. The Morgan fingerprint density at radius 2 is 2.27 bits per heavy atom. The number of pyridine rings is 1. The lowest BCUT2D eigenvalue weighted by Crippen LogP contribution is -2.25. The number of benzene rings is 1. The van der Waals surface area contributed by atoms with Crippen LogP contribution in [0.25, 0.3) is 6.08 Å². The number of anilines is 1. The maximum absolute atomic E-state index is 10.9. The van der Waals surface area contributed by atoms with Crippen LogP contribution in [-0.2, 0) is 11.4 Å². The number of carbonyl (C=O) groups excluding carboxylic acids is 1. The van der Waals surface area contributed by atoms with E-state index in [-0.39, 0.29) is 12.2 Å². The van der Waals surface area contributed by atoms with Gasteiger partial charge in [0.2, 0.25) is 0 Å². The van der Waals surface area contributed by atoms with Crippen molar-refractivity contribution in [3.05, 3.63) is 58.4 Å². The number of rotatable bonds is 4. The maximum atomic E-state index is 10.9. The summed E-state index contributed by atoms with van der Waals surface area (Å²) < 4.78 is 5.67. The number of carbonyl (C=O) groups is 1. The van der Waals surface area contributed by atoms with Crippen molar-refractivity contribution < 1.29 is 14.6 Å². The van der Waals surface area contributed by atoms with E-state index in [4.69, 9.17) is 16.3 Å². The summed E-state index contributed by atoms with van der Waals surface area (Å²) >= 11 is 6.20. The topological polar surface area (TPSA) is 71.5 Å². The molecule has 2 heterocycles. The first-order valence-electron chi connectivity index (χ1n) is 6.65. The highest BCUT2D eigenvalue weighted by Crippen LogP contribution is 2.35.